The van der Waals surface area contributed by atoms with Gasteiger partial charge in [0.1, 0.15) is 5.60 Å². The molecule has 0 saturated heterocycles. The maximum Gasteiger partial charge on any atom is 3.00 e. The van der Waals surface area contributed by atoms with Crippen LogP contribution in [0.4, 0.5) is 0 Å². The summed E-state index contributed by atoms with van der Waals surface area (Å²) in [5, 5.41) is 38.9. The van der Waals surface area contributed by atoms with Gasteiger partial charge in [-0.2, -0.15) is 0 Å². The monoisotopic (exact) mass is 240 g/mol. The summed E-state index contributed by atoms with van der Waals surface area (Å²) in [7, 11) is 0. The molecule has 0 radical (unpaired) electrons. The molecule has 0 aromatic carbocycles. The summed E-state index contributed by atoms with van der Waals surface area (Å²) < 4.78 is 0. The Morgan fingerprint density at radius 2 is 1.29 bits per heavy atom. The fourth-order valence-corrected chi connectivity index (χ4v) is 0.684. The zero-order chi connectivity index (χ0) is 10.6. The molecule has 1 N–H and O–H groups in total. The van der Waals surface area contributed by atoms with Crippen molar-refractivity contribution in [3.8, 4) is 0 Å². The van der Waals surface area contributed by atoms with Crippen LogP contribution in [0.1, 0.15) is 12.8 Å². The fourth-order valence-electron chi connectivity index (χ4n) is 0.684. The van der Waals surface area contributed by atoms with E-state index in [-0.39, 0.29) is 18.6 Å². The predicted molar refractivity (Wildman–Crippen MR) is 29.2 cm³/mol. The summed E-state index contributed by atoms with van der Waals surface area (Å²) in [6.07, 6.45) is -2.72. The second kappa shape index (κ2) is 5.64. The van der Waals surface area contributed by atoms with Gasteiger partial charge in [0.25, 0.3) is 0 Å². The number of hydrogen-bond acceptors (Lipinski definition) is 7. The first-order valence-corrected chi connectivity index (χ1v) is 3.11. The molecule has 0 aliphatic rings. The minimum absolute atomic E-state index is 0. The standard InChI is InChI=1S/C6H8O7.V/c7-3(8)1-6(13,5(11)12)2-4(9)10;/h13H,1-2H2,(H,7,8)(H,9,10)(H,11,12);/q;+3/p-3. The van der Waals surface area contributed by atoms with Crippen molar-refractivity contribution in [3.63, 3.8) is 0 Å². The quantitative estimate of drug-likeness (QED) is 0.505. The van der Waals surface area contributed by atoms with Crippen molar-refractivity contribution in [1.29, 1.82) is 0 Å². The number of carboxylic acid groups (broad SMARTS) is 3. The zero-order valence-corrected chi connectivity index (χ0v) is 8.15. The van der Waals surface area contributed by atoms with Crippen LogP contribution in [0.3, 0.4) is 0 Å². The molecule has 0 amide bonds. The van der Waals surface area contributed by atoms with Gasteiger partial charge >= 0.3 is 18.6 Å². The molecule has 0 atom stereocenters. The average molecular weight is 240 g/mol. The minimum atomic E-state index is -2.97. The molecule has 0 unspecified atom stereocenters. The largest absolute Gasteiger partial charge is 3.00 e. The van der Waals surface area contributed by atoms with E-state index < -0.39 is 36.4 Å². The average Bonchev–Trinajstić information content (AvgIpc) is 1.82. The topological polar surface area (TPSA) is 141 Å². The summed E-state index contributed by atoms with van der Waals surface area (Å²) >= 11 is 0. The van der Waals surface area contributed by atoms with Gasteiger partial charge in [-0.15, -0.1) is 0 Å². The van der Waals surface area contributed by atoms with Gasteiger partial charge in [0.05, 0.1) is 5.97 Å². The van der Waals surface area contributed by atoms with E-state index in [1.165, 1.54) is 0 Å². The molecule has 0 aliphatic heterocycles. The van der Waals surface area contributed by atoms with Crippen molar-refractivity contribution in [2.24, 2.45) is 0 Å². The molecule has 0 saturated carbocycles. The van der Waals surface area contributed by atoms with E-state index in [2.05, 4.69) is 0 Å². The van der Waals surface area contributed by atoms with Gasteiger partial charge in [-0.3, -0.25) is 0 Å². The summed E-state index contributed by atoms with van der Waals surface area (Å²) in [5.41, 5.74) is -2.97. The number of carbonyl (C=O) groups excluding carboxylic acids is 3. The van der Waals surface area contributed by atoms with Crippen molar-refractivity contribution in [1.82, 2.24) is 0 Å². The molecule has 0 aromatic heterocycles. The van der Waals surface area contributed by atoms with Gasteiger partial charge in [-0.1, -0.05) is 0 Å². The maximum absolute atomic E-state index is 10.1. The van der Waals surface area contributed by atoms with E-state index in [0.717, 1.165) is 0 Å². The van der Waals surface area contributed by atoms with Gasteiger partial charge in [0.15, 0.2) is 0 Å². The van der Waals surface area contributed by atoms with Crippen molar-refractivity contribution in [2.45, 2.75) is 18.4 Å². The zero-order valence-electron chi connectivity index (χ0n) is 6.76. The predicted octanol–water partition coefficient (Wildman–Crippen LogP) is -5.26. The fraction of sp³-hybridized carbons (Fsp3) is 0.500. The molecule has 0 bridgehead atoms. The molecule has 7 nitrogen and oxygen atoms in total. The van der Waals surface area contributed by atoms with Crippen LogP contribution >= 0.6 is 0 Å². The summed E-state index contributed by atoms with van der Waals surface area (Å²) in [6, 6.07) is 0. The van der Waals surface area contributed by atoms with E-state index in [0.29, 0.717) is 0 Å². The smallest absolute Gasteiger partial charge is 0.550 e. The second-order valence-electron chi connectivity index (χ2n) is 2.42. The molecular weight excluding hydrogens is 235 g/mol. The SMILES string of the molecule is O=C([O-])CC(O)(CC(=O)[O-])C(=O)[O-].[V+3]. The summed E-state index contributed by atoms with van der Waals surface area (Å²) in [6.45, 7) is 0. The minimum Gasteiger partial charge on any atom is -0.550 e. The number of aliphatic carboxylic acids is 3. The van der Waals surface area contributed by atoms with Crippen molar-refractivity contribution < 1.29 is 53.4 Å². The van der Waals surface area contributed by atoms with Gasteiger partial charge in [-0.25, -0.2) is 0 Å². The third kappa shape index (κ3) is 4.85. The molecule has 8 heteroatoms. The Labute approximate surface area is 90.2 Å². The number of carbonyl (C=O) groups is 3. The van der Waals surface area contributed by atoms with Crippen LogP contribution in [0, 0.1) is 0 Å². The Kier molecular flexibility index (Phi) is 6.21. The Balaban J connectivity index is 0. The molecule has 0 spiro atoms. The van der Waals surface area contributed by atoms with Crippen molar-refractivity contribution in [3.05, 3.63) is 0 Å². The van der Waals surface area contributed by atoms with E-state index in [1.807, 2.05) is 0 Å². The van der Waals surface area contributed by atoms with Crippen LogP contribution in [0.2, 0.25) is 0 Å². The molecule has 0 fully saturated rings. The molecular formula is C6H5O7V. The van der Waals surface area contributed by atoms with Crippen molar-refractivity contribution >= 4 is 17.9 Å². The molecule has 76 valence electrons. The Hall–Kier alpha value is -1.05. The Morgan fingerprint density at radius 3 is 1.43 bits per heavy atom. The first kappa shape index (κ1) is 15.4. The van der Waals surface area contributed by atoms with E-state index in [9.17, 15) is 29.7 Å². The van der Waals surface area contributed by atoms with E-state index in [1.54, 1.807) is 0 Å². The Bertz CT molecular complexity index is 233. The van der Waals surface area contributed by atoms with Gasteiger partial charge < -0.3 is 34.8 Å². The first-order valence-electron chi connectivity index (χ1n) is 3.11. The number of rotatable bonds is 5. The van der Waals surface area contributed by atoms with Gasteiger partial charge in [0.2, 0.25) is 0 Å². The van der Waals surface area contributed by atoms with Crippen LogP contribution in [0.25, 0.3) is 0 Å². The number of hydrogen-bond donors (Lipinski definition) is 1. The number of aliphatic hydroxyl groups is 1. The van der Waals surface area contributed by atoms with Crippen LogP contribution < -0.4 is 15.3 Å². The third-order valence-corrected chi connectivity index (χ3v) is 1.25. The van der Waals surface area contributed by atoms with Crippen LogP contribution in [0.5, 0.6) is 0 Å². The van der Waals surface area contributed by atoms with E-state index in [4.69, 9.17) is 5.11 Å². The third-order valence-electron chi connectivity index (χ3n) is 1.25. The first-order chi connectivity index (χ1) is 5.78. The van der Waals surface area contributed by atoms with Crippen molar-refractivity contribution in [2.75, 3.05) is 0 Å². The van der Waals surface area contributed by atoms with Crippen LogP contribution in [-0.4, -0.2) is 28.6 Å². The summed E-state index contributed by atoms with van der Waals surface area (Å²) in [5.74, 6) is -5.98. The second-order valence-corrected chi connectivity index (χ2v) is 2.42. The molecule has 14 heavy (non-hydrogen) atoms. The van der Waals surface area contributed by atoms with Crippen LogP contribution in [0.15, 0.2) is 0 Å². The molecule has 0 aliphatic carbocycles. The van der Waals surface area contributed by atoms with Gasteiger partial charge in [0, 0.05) is 24.8 Å². The molecule has 0 heterocycles. The summed E-state index contributed by atoms with van der Waals surface area (Å²) in [4.78, 5) is 30.0. The van der Waals surface area contributed by atoms with E-state index >= 15 is 0 Å². The van der Waals surface area contributed by atoms with Gasteiger partial charge in [-0.05, 0) is 0 Å². The number of carboxylic acids is 3. The normalized spacial score (nSPS) is 10.1. The van der Waals surface area contributed by atoms with Crippen LogP contribution in [-0.2, 0) is 32.9 Å². The molecule has 0 rings (SSSR count). The Morgan fingerprint density at radius 1 is 1.00 bits per heavy atom. The maximum atomic E-state index is 10.1. The molecule has 0 aromatic rings.